The van der Waals surface area contributed by atoms with E-state index >= 15 is 0 Å². The second-order valence-electron chi connectivity index (χ2n) is 9.59. The zero-order valence-electron chi connectivity index (χ0n) is 22.4. The summed E-state index contributed by atoms with van der Waals surface area (Å²) in [5.74, 6) is 0.856. The topological polar surface area (TPSA) is 122 Å². The number of fused-ring (bicyclic) bond motifs is 1. The highest BCUT2D eigenvalue weighted by atomic mass is 16.5. The van der Waals surface area contributed by atoms with E-state index in [1.165, 1.54) is 0 Å². The summed E-state index contributed by atoms with van der Waals surface area (Å²) in [4.78, 5) is 27.6. The fourth-order valence-electron chi connectivity index (χ4n) is 3.79. The molecule has 0 aliphatic rings. The predicted octanol–water partition coefficient (Wildman–Crippen LogP) is 3.33. The molecule has 198 valence electrons. The molecule has 0 aliphatic heterocycles. The molecule has 0 saturated carbocycles. The molecule has 36 heavy (non-hydrogen) atoms. The lowest BCUT2D eigenvalue weighted by molar-refractivity contribution is -0.146. The molecule has 0 radical (unpaired) electrons. The number of carbonyl (C=O) groups is 1. The smallest absolute Gasteiger partial charge is 0.308 e. The number of esters is 1. The minimum Gasteiger partial charge on any atom is -0.465 e. The van der Waals surface area contributed by atoms with Gasteiger partial charge in [0.2, 0.25) is 0 Å². The molecule has 0 amide bonds. The Labute approximate surface area is 212 Å². The van der Waals surface area contributed by atoms with Crippen molar-refractivity contribution < 1.29 is 19.4 Å². The Morgan fingerprint density at radius 1 is 1.17 bits per heavy atom. The van der Waals surface area contributed by atoms with Gasteiger partial charge in [-0.1, -0.05) is 19.9 Å². The van der Waals surface area contributed by atoms with Crippen LogP contribution >= 0.6 is 0 Å². The van der Waals surface area contributed by atoms with Crippen molar-refractivity contribution in [1.82, 2.24) is 14.1 Å². The maximum absolute atomic E-state index is 12.0. The molecule has 2 atom stereocenters. The van der Waals surface area contributed by atoms with Crippen LogP contribution < -0.4 is 11.3 Å². The summed E-state index contributed by atoms with van der Waals surface area (Å²) in [5, 5.41) is 8.79. The number of ether oxygens (including phenoxy) is 2. The first kappa shape index (κ1) is 29.2. The van der Waals surface area contributed by atoms with E-state index in [9.17, 15) is 9.59 Å². The third kappa shape index (κ3) is 7.74. The number of pyridine rings is 1. The molecule has 0 bridgehead atoms. The van der Waals surface area contributed by atoms with E-state index in [-0.39, 0.29) is 24.0 Å². The first-order valence-electron chi connectivity index (χ1n) is 12.2. The Bertz CT molecular complexity index is 1190. The number of imidazole rings is 1. The second kappa shape index (κ2) is 13.3. The van der Waals surface area contributed by atoms with Crippen LogP contribution in [-0.4, -0.2) is 51.6 Å². The van der Waals surface area contributed by atoms with Crippen molar-refractivity contribution in [1.29, 1.82) is 0 Å². The highest BCUT2D eigenvalue weighted by molar-refractivity contribution is 5.81. The van der Waals surface area contributed by atoms with Gasteiger partial charge >= 0.3 is 5.97 Å². The molecule has 1 aromatic carbocycles. The zero-order chi connectivity index (χ0) is 27.0. The lowest BCUT2D eigenvalue weighted by atomic mass is 10.1. The standard InChI is InChI=1S/C19H24N4O2.C8H16O3/c1-12-7-15(10-22(3)19(12)24)18-21-16-6-5-14(9-20)8-17(16)23(18)13(2)11-25-4;1-6(2)5-11-8(10)4-7(3)9/h5-8,10,13H,9,11,20H2,1-4H3;6-7,9H,4-5H2,1-3H3/t;7-/m.1/s1. The summed E-state index contributed by atoms with van der Waals surface area (Å²) in [6.07, 6.45) is 1.32. The van der Waals surface area contributed by atoms with Gasteiger partial charge in [-0.15, -0.1) is 0 Å². The van der Waals surface area contributed by atoms with Gasteiger partial charge in [0.1, 0.15) is 5.82 Å². The maximum Gasteiger partial charge on any atom is 0.308 e. The van der Waals surface area contributed by atoms with Crippen molar-refractivity contribution in [2.45, 2.75) is 59.7 Å². The Morgan fingerprint density at radius 2 is 1.86 bits per heavy atom. The van der Waals surface area contributed by atoms with Crippen LogP contribution in [0.5, 0.6) is 0 Å². The van der Waals surface area contributed by atoms with Crippen molar-refractivity contribution in [2.75, 3.05) is 20.3 Å². The highest BCUT2D eigenvalue weighted by Crippen LogP contribution is 2.29. The molecule has 3 rings (SSSR count). The Morgan fingerprint density at radius 3 is 2.42 bits per heavy atom. The number of rotatable bonds is 9. The fraction of sp³-hybridized carbons (Fsp3) is 0.519. The molecule has 3 N–H and O–H groups in total. The molecular weight excluding hydrogens is 460 g/mol. The Hall–Kier alpha value is -3.01. The summed E-state index contributed by atoms with van der Waals surface area (Å²) in [6, 6.07) is 8.05. The number of benzene rings is 1. The third-order valence-corrected chi connectivity index (χ3v) is 5.50. The van der Waals surface area contributed by atoms with Gasteiger partial charge in [-0.2, -0.15) is 0 Å². The molecule has 1 unspecified atom stereocenters. The molecular formula is C27H40N4O5. The SMILES string of the molecule is CC(C)COC(=O)C[C@@H](C)O.COCC(C)n1c(-c2cc(C)c(=O)n(C)c2)nc2ccc(CN)cc21. The number of nitrogens with two attached hydrogens (primary N) is 1. The predicted molar refractivity (Wildman–Crippen MR) is 142 cm³/mol. The van der Waals surface area contributed by atoms with Crippen molar-refractivity contribution >= 4 is 17.0 Å². The van der Waals surface area contributed by atoms with Gasteiger partial charge < -0.3 is 29.4 Å². The number of hydrogen-bond donors (Lipinski definition) is 2. The van der Waals surface area contributed by atoms with Crippen LogP contribution in [0.1, 0.15) is 51.3 Å². The highest BCUT2D eigenvalue weighted by Gasteiger charge is 2.19. The first-order valence-corrected chi connectivity index (χ1v) is 12.2. The van der Waals surface area contributed by atoms with Gasteiger partial charge in [-0.3, -0.25) is 9.59 Å². The lowest BCUT2D eigenvalue weighted by Crippen LogP contribution is -2.19. The van der Waals surface area contributed by atoms with Gasteiger partial charge in [0.05, 0.1) is 42.8 Å². The molecule has 9 heteroatoms. The van der Waals surface area contributed by atoms with Crippen LogP contribution in [-0.2, 0) is 27.9 Å². The van der Waals surface area contributed by atoms with E-state index in [0.717, 1.165) is 28.0 Å². The first-order chi connectivity index (χ1) is 17.0. The van der Waals surface area contributed by atoms with Gasteiger partial charge in [0.25, 0.3) is 5.56 Å². The molecule has 3 aromatic rings. The van der Waals surface area contributed by atoms with E-state index < -0.39 is 6.10 Å². The number of aryl methyl sites for hydroxylation is 2. The van der Waals surface area contributed by atoms with Crippen LogP contribution in [0.4, 0.5) is 0 Å². The molecule has 0 aliphatic carbocycles. The Kier molecular flexibility index (Phi) is 10.8. The molecule has 2 heterocycles. The van der Waals surface area contributed by atoms with E-state index in [1.807, 2.05) is 45.2 Å². The molecule has 2 aromatic heterocycles. The van der Waals surface area contributed by atoms with Gasteiger partial charge in [0.15, 0.2) is 0 Å². The Balaban J connectivity index is 0.000000352. The number of aromatic nitrogens is 3. The molecule has 0 fully saturated rings. The van der Waals surface area contributed by atoms with Gasteiger partial charge in [0, 0.05) is 38.0 Å². The number of carbonyl (C=O) groups excluding carboxylic acids is 1. The fourth-order valence-corrected chi connectivity index (χ4v) is 3.79. The van der Waals surface area contributed by atoms with Crippen LogP contribution in [0.3, 0.4) is 0 Å². The summed E-state index contributed by atoms with van der Waals surface area (Å²) >= 11 is 0. The van der Waals surface area contributed by atoms with Gasteiger partial charge in [-0.25, -0.2) is 4.98 Å². The van der Waals surface area contributed by atoms with Crippen molar-refractivity contribution in [3.63, 3.8) is 0 Å². The summed E-state index contributed by atoms with van der Waals surface area (Å²) in [5.41, 5.74) is 10.4. The average molecular weight is 501 g/mol. The van der Waals surface area contributed by atoms with E-state index in [2.05, 4.69) is 17.6 Å². The number of aliphatic hydroxyl groups excluding tert-OH is 1. The molecule has 9 nitrogen and oxygen atoms in total. The largest absolute Gasteiger partial charge is 0.465 e. The lowest BCUT2D eigenvalue weighted by Gasteiger charge is -2.17. The quantitative estimate of drug-likeness (QED) is 0.432. The summed E-state index contributed by atoms with van der Waals surface area (Å²) in [7, 11) is 3.45. The molecule has 0 saturated heterocycles. The van der Waals surface area contributed by atoms with Crippen LogP contribution in [0.2, 0.25) is 0 Å². The monoisotopic (exact) mass is 500 g/mol. The molecule has 0 spiro atoms. The van der Waals surface area contributed by atoms with Crippen molar-refractivity contribution in [3.05, 3.63) is 51.9 Å². The van der Waals surface area contributed by atoms with Crippen LogP contribution in [0, 0.1) is 12.8 Å². The second-order valence-corrected chi connectivity index (χ2v) is 9.59. The van der Waals surface area contributed by atoms with E-state index in [0.29, 0.717) is 31.2 Å². The summed E-state index contributed by atoms with van der Waals surface area (Å²) < 4.78 is 13.9. The zero-order valence-corrected chi connectivity index (χ0v) is 22.4. The minimum atomic E-state index is -0.602. The number of nitrogens with zero attached hydrogens (tertiary/aromatic N) is 3. The normalized spacial score (nSPS) is 12.8. The van der Waals surface area contributed by atoms with E-state index in [4.69, 9.17) is 25.3 Å². The van der Waals surface area contributed by atoms with E-state index in [1.54, 1.807) is 25.6 Å². The van der Waals surface area contributed by atoms with Crippen molar-refractivity contribution in [2.24, 2.45) is 18.7 Å². The van der Waals surface area contributed by atoms with Crippen LogP contribution in [0.25, 0.3) is 22.4 Å². The third-order valence-electron chi connectivity index (χ3n) is 5.50. The maximum atomic E-state index is 12.0. The average Bonchev–Trinajstić information content (AvgIpc) is 3.20. The van der Waals surface area contributed by atoms with Gasteiger partial charge in [-0.05, 0) is 50.5 Å². The van der Waals surface area contributed by atoms with Crippen LogP contribution in [0.15, 0.2) is 35.3 Å². The van der Waals surface area contributed by atoms with Crippen molar-refractivity contribution in [3.8, 4) is 11.4 Å². The number of hydrogen-bond acceptors (Lipinski definition) is 7. The summed E-state index contributed by atoms with van der Waals surface area (Å²) in [6.45, 7) is 10.9. The number of aliphatic hydroxyl groups is 1. The minimum absolute atomic E-state index is 0.00164. The number of methoxy groups -OCH3 is 1.